The molecule has 0 aliphatic carbocycles. The van der Waals surface area contributed by atoms with Crippen LogP contribution in [0.15, 0.2) is 0 Å². The molecule has 8 heavy (non-hydrogen) atoms. The molecular formula is C4H9NOS2. The zero-order chi connectivity index (χ0) is 6.41. The highest BCUT2D eigenvalue weighted by atomic mass is 32.1. The van der Waals surface area contributed by atoms with E-state index < -0.39 is 0 Å². The molecule has 0 aromatic heterocycles. The van der Waals surface area contributed by atoms with Crippen LogP contribution in [0, 0.1) is 0 Å². The smallest absolute Gasteiger partial charge is 0.137 e. The highest BCUT2D eigenvalue weighted by molar-refractivity contribution is 7.80. The molecule has 2 nitrogen and oxygen atoms in total. The van der Waals surface area contributed by atoms with Crippen LogP contribution < -0.4 is 5.32 Å². The summed E-state index contributed by atoms with van der Waals surface area (Å²) in [7, 11) is 0. The number of thiol groups is 2. The molecular weight excluding hydrogens is 142 g/mol. The lowest BCUT2D eigenvalue weighted by atomic mass is 10.4. The minimum absolute atomic E-state index is 0.143. The summed E-state index contributed by atoms with van der Waals surface area (Å²) < 4.78 is 0. The fourth-order valence-electron chi connectivity index (χ4n) is 0.273. The first-order valence-corrected chi connectivity index (χ1v) is 3.52. The van der Waals surface area contributed by atoms with Gasteiger partial charge in [0.15, 0.2) is 0 Å². The fraction of sp³-hybridized carbons (Fsp3) is 0.750. The van der Waals surface area contributed by atoms with E-state index in [4.69, 9.17) is 0 Å². The quantitative estimate of drug-likeness (QED) is 0.299. The summed E-state index contributed by atoms with van der Waals surface area (Å²) in [6.45, 7) is 0. The largest absolute Gasteiger partial charge is 0.302 e. The van der Waals surface area contributed by atoms with Gasteiger partial charge >= 0.3 is 0 Å². The van der Waals surface area contributed by atoms with Crippen LogP contribution in [0.1, 0.15) is 0 Å². The van der Waals surface area contributed by atoms with Crippen LogP contribution in [0.4, 0.5) is 0 Å². The number of aldehydes is 1. The van der Waals surface area contributed by atoms with E-state index in [2.05, 4.69) is 30.6 Å². The van der Waals surface area contributed by atoms with Crippen molar-refractivity contribution in [2.75, 3.05) is 11.6 Å². The molecule has 0 aromatic carbocycles. The summed E-state index contributed by atoms with van der Waals surface area (Å²) in [6.07, 6.45) is 0.823. The molecule has 0 saturated heterocycles. The van der Waals surface area contributed by atoms with E-state index in [1.54, 1.807) is 0 Å². The molecule has 0 aromatic rings. The molecule has 0 fully saturated rings. The van der Waals surface area contributed by atoms with Gasteiger partial charge in [0.25, 0.3) is 0 Å². The van der Waals surface area contributed by atoms with Gasteiger partial charge in [0.2, 0.25) is 0 Å². The Kier molecular flexibility index (Phi) is 5.69. The monoisotopic (exact) mass is 151 g/mol. The van der Waals surface area contributed by atoms with E-state index in [9.17, 15) is 4.79 Å². The van der Waals surface area contributed by atoms with E-state index in [0.717, 1.165) is 6.29 Å². The summed E-state index contributed by atoms with van der Waals surface area (Å²) in [6, 6.07) is -0.143. The third-order valence-electron chi connectivity index (χ3n) is 0.714. The molecule has 0 radical (unpaired) electrons. The van der Waals surface area contributed by atoms with Crippen molar-refractivity contribution in [3.8, 4) is 0 Å². The van der Waals surface area contributed by atoms with Gasteiger partial charge in [-0.15, -0.1) is 0 Å². The van der Waals surface area contributed by atoms with E-state index in [-0.39, 0.29) is 6.04 Å². The molecule has 0 aliphatic rings. The van der Waals surface area contributed by atoms with E-state index in [1.807, 2.05) is 0 Å². The summed E-state index contributed by atoms with van der Waals surface area (Å²) in [4.78, 5) is 9.98. The van der Waals surface area contributed by atoms with Gasteiger partial charge < -0.3 is 4.79 Å². The van der Waals surface area contributed by atoms with Crippen molar-refractivity contribution in [3.05, 3.63) is 0 Å². The van der Waals surface area contributed by atoms with Gasteiger partial charge in [-0.3, -0.25) is 5.32 Å². The van der Waals surface area contributed by atoms with Crippen molar-refractivity contribution in [2.24, 2.45) is 0 Å². The lowest BCUT2D eigenvalue weighted by Crippen LogP contribution is -2.30. The maximum Gasteiger partial charge on any atom is 0.137 e. The van der Waals surface area contributed by atoms with Crippen molar-refractivity contribution in [2.45, 2.75) is 6.04 Å². The van der Waals surface area contributed by atoms with Crippen molar-refractivity contribution in [1.82, 2.24) is 5.32 Å². The Morgan fingerprint density at radius 2 is 2.25 bits per heavy atom. The molecule has 0 amide bonds. The van der Waals surface area contributed by atoms with Crippen LogP contribution in [-0.4, -0.2) is 24.0 Å². The number of hydrogen-bond acceptors (Lipinski definition) is 4. The van der Waals surface area contributed by atoms with E-state index >= 15 is 0 Å². The molecule has 1 atom stereocenters. The first-order valence-electron chi connectivity index (χ1n) is 2.25. The highest BCUT2D eigenvalue weighted by Crippen LogP contribution is 1.81. The minimum Gasteiger partial charge on any atom is -0.302 e. The molecule has 0 bridgehead atoms. The molecule has 0 saturated carbocycles. The second-order valence-electron chi connectivity index (χ2n) is 1.29. The van der Waals surface area contributed by atoms with Crippen LogP contribution in [0.5, 0.6) is 0 Å². The number of hydrogen-bond donors (Lipinski definition) is 3. The average Bonchev–Trinajstić information content (AvgIpc) is 1.83. The van der Waals surface area contributed by atoms with Crippen LogP contribution >= 0.6 is 25.3 Å². The molecule has 1 N–H and O–H groups in total. The van der Waals surface area contributed by atoms with E-state index in [0.29, 0.717) is 11.6 Å². The van der Waals surface area contributed by atoms with Crippen LogP contribution in [0.2, 0.25) is 0 Å². The second-order valence-corrected chi connectivity index (χ2v) is 1.97. The lowest BCUT2D eigenvalue weighted by Gasteiger charge is -2.04. The first-order chi connectivity index (χ1) is 3.85. The third-order valence-corrected chi connectivity index (χ3v) is 1.29. The van der Waals surface area contributed by atoms with Crippen LogP contribution in [-0.2, 0) is 4.79 Å². The van der Waals surface area contributed by atoms with Gasteiger partial charge in [0.05, 0.1) is 6.04 Å². The second kappa shape index (κ2) is 5.47. The van der Waals surface area contributed by atoms with Crippen molar-refractivity contribution >= 4 is 31.5 Å². The van der Waals surface area contributed by atoms with Crippen molar-refractivity contribution in [3.63, 3.8) is 0 Å². The summed E-state index contributed by atoms with van der Waals surface area (Å²) in [5.41, 5.74) is 0. The zero-order valence-corrected chi connectivity index (χ0v) is 6.16. The van der Waals surface area contributed by atoms with Gasteiger partial charge in [-0.25, -0.2) is 0 Å². The molecule has 0 aliphatic heterocycles. The predicted molar refractivity (Wildman–Crippen MR) is 40.7 cm³/mol. The van der Waals surface area contributed by atoms with Gasteiger partial charge in [-0.2, -0.15) is 25.3 Å². The molecule has 0 heterocycles. The minimum atomic E-state index is -0.143. The Bertz CT molecular complexity index is 69.1. The molecule has 4 heteroatoms. The molecule has 0 rings (SSSR count). The van der Waals surface area contributed by atoms with Crippen molar-refractivity contribution < 1.29 is 4.79 Å². The number of nitrogens with one attached hydrogen (secondary N) is 1. The Hall–Kier alpha value is 0.330. The van der Waals surface area contributed by atoms with Gasteiger partial charge in [-0.05, 0) is 0 Å². The van der Waals surface area contributed by atoms with E-state index in [1.165, 1.54) is 0 Å². The molecule has 48 valence electrons. The SMILES string of the molecule is O=C[C@H](CS)NCS. The maximum absolute atomic E-state index is 9.98. The Labute approximate surface area is 59.9 Å². The third kappa shape index (κ3) is 3.35. The van der Waals surface area contributed by atoms with Gasteiger partial charge in [-0.1, -0.05) is 0 Å². The maximum atomic E-state index is 9.98. The Balaban J connectivity index is 3.21. The van der Waals surface area contributed by atoms with Gasteiger partial charge in [0.1, 0.15) is 6.29 Å². The standard InChI is InChI=1S/C4H9NOS2/c6-1-4(2-7)5-3-8/h1,4-5,7-8H,2-3H2/t4-/m1/s1. The average molecular weight is 151 g/mol. The summed E-state index contributed by atoms with van der Waals surface area (Å²) in [5, 5.41) is 2.80. The molecule has 0 spiro atoms. The normalized spacial score (nSPS) is 13.2. The zero-order valence-electron chi connectivity index (χ0n) is 4.37. The number of carbonyl (C=O) groups excluding carboxylic acids is 1. The van der Waals surface area contributed by atoms with Crippen LogP contribution in [0.3, 0.4) is 0 Å². The van der Waals surface area contributed by atoms with Crippen molar-refractivity contribution in [1.29, 1.82) is 0 Å². The summed E-state index contributed by atoms with van der Waals surface area (Å²) >= 11 is 7.77. The lowest BCUT2D eigenvalue weighted by molar-refractivity contribution is -0.109. The number of rotatable bonds is 4. The Morgan fingerprint density at radius 1 is 1.62 bits per heavy atom. The topological polar surface area (TPSA) is 29.1 Å². The summed E-state index contributed by atoms with van der Waals surface area (Å²) in [5.74, 6) is 1.05. The highest BCUT2D eigenvalue weighted by Gasteiger charge is 1.98. The number of carbonyl (C=O) groups is 1. The van der Waals surface area contributed by atoms with Crippen LogP contribution in [0.25, 0.3) is 0 Å². The Morgan fingerprint density at radius 3 is 2.38 bits per heavy atom. The molecule has 0 unspecified atom stereocenters. The van der Waals surface area contributed by atoms with Gasteiger partial charge in [0, 0.05) is 11.6 Å². The first kappa shape index (κ1) is 8.33. The fourth-order valence-corrected chi connectivity index (χ4v) is 0.723. The predicted octanol–water partition coefficient (Wildman–Crippen LogP) is -0.0394.